The van der Waals surface area contributed by atoms with Crippen LogP contribution in [-0.4, -0.2) is 36.3 Å². The van der Waals surface area contributed by atoms with E-state index in [2.05, 4.69) is 5.32 Å². The van der Waals surface area contributed by atoms with Gasteiger partial charge in [-0.05, 0) is 19.4 Å². The van der Waals surface area contributed by atoms with E-state index in [1.54, 1.807) is 31.0 Å². The molecule has 1 aromatic carbocycles. The SMILES string of the molecule is CCN(C)C(=O)C(C)NC(=O)C(N)c1ccccc1. The first-order valence-corrected chi connectivity index (χ1v) is 6.33. The minimum Gasteiger partial charge on any atom is -0.344 e. The molecule has 0 aromatic heterocycles. The number of likely N-dealkylation sites (N-methyl/N-ethyl adjacent to an activating group) is 1. The molecule has 104 valence electrons. The highest BCUT2D eigenvalue weighted by molar-refractivity contribution is 5.89. The number of hydrogen-bond donors (Lipinski definition) is 2. The molecule has 2 unspecified atom stereocenters. The lowest BCUT2D eigenvalue weighted by molar-refractivity contribution is -0.135. The fourth-order valence-corrected chi connectivity index (χ4v) is 1.66. The van der Waals surface area contributed by atoms with Crippen LogP contribution in [0.25, 0.3) is 0 Å². The van der Waals surface area contributed by atoms with Crippen molar-refractivity contribution >= 4 is 11.8 Å². The Labute approximate surface area is 113 Å². The summed E-state index contributed by atoms with van der Waals surface area (Å²) in [6, 6.07) is 7.74. The van der Waals surface area contributed by atoms with Crippen LogP contribution in [0, 0.1) is 0 Å². The van der Waals surface area contributed by atoms with Gasteiger partial charge in [-0.1, -0.05) is 30.3 Å². The van der Waals surface area contributed by atoms with Gasteiger partial charge in [0, 0.05) is 13.6 Å². The molecule has 0 fully saturated rings. The number of hydrogen-bond acceptors (Lipinski definition) is 3. The molecule has 3 N–H and O–H groups in total. The van der Waals surface area contributed by atoms with Crippen LogP contribution in [0.1, 0.15) is 25.5 Å². The first kappa shape index (κ1) is 15.2. The van der Waals surface area contributed by atoms with E-state index in [4.69, 9.17) is 5.73 Å². The van der Waals surface area contributed by atoms with Crippen LogP contribution in [0.15, 0.2) is 30.3 Å². The summed E-state index contributed by atoms with van der Waals surface area (Å²) in [6.45, 7) is 4.13. The number of carbonyl (C=O) groups is 2. The monoisotopic (exact) mass is 263 g/mol. The Morgan fingerprint density at radius 2 is 1.89 bits per heavy atom. The number of nitrogens with two attached hydrogens (primary N) is 1. The highest BCUT2D eigenvalue weighted by Crippen LogP contribution is 2.09. The molecule has 5 heteroatoms. The van der Waals surface area contributed by atoms with E-state index in [-0.39, 0.29) is 11.8 Å². The number of benzene rings is 1. The third kappa shape index (κ3) is 4.06. The Morgan fingerprint density at radius 3 is 2.42 bits per heavy atom. The second-order valence-corrected chi connectivity index (χ2v) is 4.47. The van der Waals surface area contributed by atoms with Gasteiger partial charge in [0.05, 0.1) is 0 Å². The van der Waals surface area contributed by atoms with Crippen LogP contribution in [0.5, 0.6) is 0 Å². The van der Waals surface area contributed by atoms with Crippen molar-refractivity contribution in [3.05, 3.63) is 35.9 Å². The van der Waals surface area contributed by atoms with Crippen molar-refractivity contribution in [1.29, 1.82) is 0 Å². The lowest BCUT2D eigenvalue weighted by Crippen LogP contribution is -2.48. The topological polar surface area (TPSA) is 75.4 Å². The van der Waals surface area contributed by atoms with Gasteiger partial charge in [0.1, 0.15) is 12.1 Å². The molecular weight excluding hydrogens is 242 g/mol. The van der Waals surface area contributed by atoms with E-state index in [0.717, 1.165) is 5.56 Å². The first-order valence-electron chi connectivity index (χ1n) is 6.33. The lowest BCUT2D eigenvalue weighted by Gasteiger charge is -2.22. The average molecular weight is 263 g/mol. The van der Waals surface area contributed by atoms with Crippen LogP contribution >= 0.6 is 0 Å². The molecule has 2 amide bonds. The van der Waals surface area contributed by atoms with Crippen LogP contribution in [0.4, 0.5) is 0 Å². The molecule has 0 saturated heterocycles. The standard InChI is InChI=1S/C14H21N3O2/c1-4-17(3)14(19)10(2)16-13(18)12(15)11-8-6-5-7-9-11/h5-10,12H,4,15H2,1-3H3,(H,16,18). The summed E-state index contributed by atoms with van der Waals surface area (Å²) in [7, 11) is 1.70. The van der Waals surface area contributed by atoms with E-state index in [1.807, 2.05) is 25.1 Å². The second kappa shape index (κ2) is 6.89. The van der Waals surface area contributed by atoms with Crippen molar-refractivity contribution in [1.82, 2.24) is 10.2 Å². The molecule has 1 aromatic rings. The van der Waals surface area contributed by atoms with Crippen LogP contribution in [-0.2, 0) is 9.59 Å². The largest absolute Gasteiger partial charge is 0.344 e. The number of amides is 2. The molecule has 0 spiro atoms. The molecule has 0 aliphatic heterocycles. The van der Waals surface area contributed by atoms with E-state index in [1.165, 1.54) is 0 Å². The Balaban J connectivity index is 2.62. The van der Waals surface area contributed by atoms with Gasteiger partial charge in [0.15, 0.2) is 0 Å². The molecule has 0 radical (unpaired) electrons. The van der Waals surface area contributed by atoms with Gasteiger partial charge in [0.2, 0.25) is 11.8 Å². The Kier molecular flexibility index (Phi) is 5.51. The summed E-state index contributed by atoms with van der Waals surface area (Å²) in [5.74, 6) is -0.479. The van der Waals surface area contributed by atoms with Crippen LogP contribution < -0.4 is 11.1 Å². The first-order chi connectivity index (χ1) is 8.97. The molecule has 2 atom stereocenters. The van der Waals surface area contributed by atoms with E-state index >= 15 is 0 Å². The molecule has 19 heavy (non-hydrogen) atoms. The Bertz CT molecular complexity index is 434. The summed E-state index contributed by atoms with van der Waals surface area (Å²) in [5.41, 5.74) is 6.58. The van der Waals surface area contributed by atoms with Gasteiger partial charge >= 0.3 is 0 Å². The van der Waals surface area contributed by atoms with Gasteiger partial charge in [-0.3, -0.25) is 9.59 Å². The van der Waals surface area contributed by atoms with Crippen molar-refractivity contribution in [2.45, 2.75) is 25.9 Å². The number of nitrogens with one attached hydrogen (secondary N) is 1. The smallest absolute Gasteiger partial charge is 0.244 e. The van der Waals surface area contributed by atoms with Crippen LogP contribution in [0.2, 0.25) is 0 Å². The Morgan fingerprint density at radius 1 is 1.32 bits per heavy atom. The van der Waals surface area contributed by atoms with Crippen LogP contribution in [0.3, 0.4) is 0 Å². The van der Waals surface area contributed by atoms with E-state index < -0.39 is 12.1 Å². The van der Waals surface area contributed by atoms with E-state index in [9.17, 15) is 9.59 Å². The third-order valence-electron chi connectivity index (χ3n) is 3.02. The van der Waals surface area contributed by atoms with E-state index in [0.29, 0.717) is 6.54 Å². The number of nitrogens with zero attached hydrogens (tertiary/aromatic N) is 1. The molecule has 0 heterocycles. The van der Waals surface area contributed by atoms with Crippen molar-refractivity contribution in [3.8, 4) is 0 Å². The highest BCUT2D eigenvalue weighted by atomic mass is 16.2. The summed E-state index contributed by atoms with van der Waals surface area (Å²) < 4.78 is 0. The molecule has 0 bridgehead atoms. The zero-order chi connectivity index (χ0) is 14.4. The summed E-state index contributed by atoms with van der Waals surface area (Å²) >= 11 is 0. The summed E-state index contributed by atoms with van der Waals surface area (Å²) in [6.07, 6.45) is 0. The fraction of sp³-hybridized carbons (Fsp3) is 0.429. The van der Waals surface area contributed by atoms with Gasteiger partial charge in [-0.25, -0.2) is 0 Å². The molecule has 5 nitrogen and oxygen atoms in total. The quantitative estimate of drug-likeness (QED) is 0.820. The molecule has 0 aliphatic carbocycles. The summed E-state index contributed by atoms with van der Waals surface area (Å²) in [5, 5.41) is 2.64. The highest BCUT2D eigenvalue weighted by Gasteiger charge is 2.22. The Hall–Kier alpha value is -1.88. The maximum Gasteiger partial charge on any atom is 0.244 e. The van der Waals surface area contributed by atoms with Crippen molar-refractivity contribution in [3.63, 3.8) is 0 Å². The zero-order valence-corrected chi connectivity index (χ0v) is 11.6. The number of rotatable bonds is 5. The number of carbonyl (C=O) groups excluding carboxylic acids is 2. The predicted molar refractivity (Wildman–Crippen MR) is 74.3 cm³/mol. The minimum atomic E-state index is -0.761. The molecular formula is C14H21N3O2. The lowest BCUT2D eigenvalue weighted by atomic mass is 10.1. The minimum absolute atomic E-state index is 0.129. The average Bonchev–Trinajstić information content (AvgIpc) is 2.45. The fourth-order valence-electron chi connectivity index (χ4n) is 1.66. The molecule has 0 saturated carbocycles. The van der Waals surface area contributed by atoms with Gasteiger partial charge in [0.25, 0.3) is 0 Å². The van der Waals surface area contributed by atoms with Crippen molar-refractivity contribution < 1.29 is 9.59 Å². The second-order valence-electron chi connectivity index (χ2n) is 4.47. The predicted octanol–water partition coefficient (Wildman–Crippen LogP) is 0.669. The van der Waals surface area contributed by atoms with Crippen molar-refractivity contribution in [2.75, 3.05) is 13.6 Å². The zero-order valence-electron chi connectivity index (χ0n) is 11.6. The van der Waals surface area contributed by atoms with Gasteiger partial charge in [-0.15, -0.1) is 0 Å². The molecule has 1 rings (SSSR count). The molecule has 0 aliphatic rings. The van der Waals surface area contributed by atoms with Gasteiger partial charge in [-0.2, -0.15) is 0 Å². The normalized spacial score (nSPS) is 13.5. The third-order valence-corrected chi connectivity index (χ3v) is 3.02. The maximum absolute atomic E-state index is 12.0. The summed E-state index contributed by atoms with van der Waals surface area (Å²) in [4.78, 5) is 25.4. The van der Waals surface area contributed by atoms with Crippen molar-refractivity contribution in [2.24, 2.45) is 5.73 Å². The maximum atomic E-state index is 12.0. The van der Waals surface area contributed by atoms with Gasteiger partial charge < -0.3 is 16.0 Å².